The molecular formula is C15H22N4. The van der Waals surface area contributed by atoms with Gasteiger partial charge in [0.25, 0.3) is 0 Å². The first-order chi connectivity index (χ1) is 9.26. The van der Waals surface area contributed by atoms with E-state index in [1.165, 1.54) is 19.3 Å². The molecule has 3 saturated carbocycles. The first kappa shape index (κ1) is 11.5. The van der Waals surface area contributed by atoms with Crippen LogP contribution in [0.5, 0.6) is 0 Å². The van der Waals surface area contributed by atoms with Crippen molar-refractivity contribution in [2.45, 2.75) is 39.2 Å². The van der Waals surface area contributed by atoms with Crippen molar-refractivity contribution in [3.8, 4) is 0 Å². The Hall–Kier alpha value is -1.32. The molecule has 4 rings (SSSR count). The second kappa shape index (κ2) is 4.09. The van der Waals surface area contributed by atoms with Gasteiger partial charge in [-0.05, 0) is 56.8 Å². The van der Waals surface area contributed by atoms with Crippen molar-refractivity contribution >= 4 is 11.6 Å². The SMILES string of the molecule is CCNc1cc(NC2C3C4CCC(C4)C23)nc(C)n1. The summed E-state index contributed by atoms with van der Waals surface area (Å²) in [4.78, 5) is 8.94. The zero-order valence-electron chi connectivity index (χ0n) is 11.7. The van der Waals surface area contributed by atoms with E-state index in [1.54, 1.807) is 0 Å². The highest BCUT2D eigenvalue weighted by Gasteiger charge is 2.65. The molecule has 0 radical (unpaired) electrons. The van der Waals surface area contributed by atoms with Crippen LogP contribution in [0.4, 0.5) is 11.6 Å². The molecule has 1 aromatic rings. The molecule has 0 aliphatic heterocycles. The fraction of sp³-hybridized carbons (Fsp3) is 0.733. The van der Waals surface area contributed by atoms with Gasteiger partial charge in [0.15, 0.2) is 0 Å². The molecule has 3 aliphatic carbocycles. The van der Waals surface area contributed by atoms with Gasteiger partial charge in [0, 0.05) is 18.7 Å². The van der Waals surface area contributed by atoms with Crippen molar-refractivity contribution in [1.82, 2.24) is 9.97 Å². The van der Waals surface area contributed by atoms with E-state index >= 15 is 0 Å². The van der Waals surface area contributed by atoms with Gasteiger partial charge in [-0.25, -0.2) is 9.97 Å². The normalized spacial score (nSPS) is 38.1. The molecule has 0 spiro atoms. The van der Waals surface area contributed by atoms with Crippen molar-refractivity contribution in [1.29, 1.82) is 0 Å². The number of nitrogens with zero attached hydrogens (tertiary/aromatic N) is 2. The number of aryl methyl sites for hydroxylation is 1. The molecule has 4 atom stereocenters. The minimum Gasteiger partial charge on any atom is -0.370 e. The number of nitrogens with one attached hydrogen (secondary N) is 2. The Labute approximate surface area is 114 Å². The Balaban J connectivity index is 1.49. The van der Waals surface area contributed by atoms with Crippen LogP contribution in [-0.2, 0) is 0 Å². The Morgan fingerprint density at radius 2 is 1.84 bits per heavy atom. The maximum absolute atomic E-state index is 4.53. The highest BCUT2D eigenvalue weighted by Crippen LogP contribution is 2.66. The van der Waals surface area contributed by atoms with E-state index in [-0.39, 0.29) is 0 Å². The van der Waals surface area contributed by atoms with Gasteiger partial charge in [0.1, 0.15) is 17.5 Å². The largest absolute Gasteiger partial charge is 0.370 e. The molecule has 4 heteroatoms. The molecule has 3 fully saturated rings. The fourth-order valence-corrected chi connectivity index (χ4v) is 4.60. The molecule has 0 aromatic carbocycles. The summed E-state index contributed by atoms with van der Waals surface area (Å²) in [6.45, 7) is 4.95. The Morgan fingerprint density at radius 3 is 2.53 bits per heavy atom. The molecule has 3 aliphatic rings. The summed E-state index contributed by atoms with van der Waals surface area (Å²) in [6, 6.07) is 2.74. The highest BCUT2D eigenvalue weighted by molar-refractivity contribution is 5.49. The van der Waals surface area contributed by atoms with Gasteiger partial charge in [-0.1, -0.05) is 0 Å². The average Bonchev–Trinajstić information content (AvgIpc) is 2.78. The van der Waals surface area contributed by atoms with Crippen molar-refractivity contribution in [3.05, 3.63) is 11.9 Å². The van der Waals surface area contributed by atoms with Gasteiger partial charge >= 0.3 is 0 Å². The van der Waals surface area contributed by atoms with Crippen LogP contribution in [0.15, 0.2) is 6.07 Å². The highest BCUT2D eigenvalue weighted by atomic mass is 15.1. The van der Waals surface area contributed by atoms with Crippen LogP contribution in [0.25, 0.3) is 0 Å². The lowest BCUT2D eigenvalue weighted by atomic mass is 10.0. The topological polar surface area (TPSA) is 49.8 Å². The van der Waals surface area contributed by atoms with Gasteiger partial charge in [-0.15, -0.1) is 0 Å². The van der Waals surface area contributed by atoms with Crippen LogP contribution in [0.1, 0.15) is 32.0 Å². The summed E-state index contributed by atoms with van der Waals surface area (Å²) in [5.41, 5.74) is 0. The van der Waals surface area contributed by atoms with Gasteiger partial charge in [-0.2, -0.15) is 0 Å². The van der Waals surface area contributed by atoms with E-state index in [9.17, 15) is 0 Å². The summed E-state index contributed by atoms with van der Waals surface area (Å²) >= 11 is 0. The zero-order chi connectivity index (χ0) is 13.0. The maximum Gasteiger partial charge on any atom is 0.132 e. The van der Waals surface area contributed by atoms with Crippen molar-refractivity contribution in [2.24, 2.45) is 23.7 Å². The molecule has 4 unspecified atom stereocenters. The molecule has 1 heterocycles. The van der Waals surface area contributed by atoms with E-state index in [1.807, 2.05) is 13.0 Å². The lowest BCUT2D eigenvalue weighted by Crippen LogP contribution is -2.14. The Bertz CT molecular complexity index is 485. The van der Waals surface area contributed by atoms with E-state index in [4.69, 9.17) is 0 Å². The van der Waals surface area contributed by atoms with Crippen molar-refractivity contribution in [3.63, 3.8) is 0 Å². The first-order valence-corrected chi connectivity index (χ1v) is 7.62. The molecule has 2 bridgehead atoms. The van der Waals surface area contributed by atoms with E-state index < -0.39 is 0 Å². The molecule has 19 heavy (non-hydrogen) atoms. The molecule has 2 N–H and O–H groups in total. The molecule has 102 valence electrons. The summed E-state index contributed by atoms with van der Waals surface area (Å²) in [7, 11) is 0. The number of aromatic nitrogens is 2. The van der Waals surface area contributed by atoms with Crippen molar-refractivity contribution < 1.29 is 0 Å². The van der Waals surface area contributed by atoms with Crippen LogP contribution >= 0.6 is 0 Å². The van der Waals surface area contributed by atoms with Gasteiger partial charge < -0.3 is 10.6 Å². The number of hydrogen-bond donors (Lipinski definition) is 2. The zero-order valence-corrected chi connectivity index (χ0v) is 11.7. The molecular weight excluding hydrogens is 236 g/mol. The summed E-state index contributed by atoms with van der Waals surface area (Å²) in [5, 5.41) is 6.94. The lowest BCUT2D eigenvalue weighted by molar-refractivity contribution is 0.456. The van der Waals surface area contributed by atoms with Crippen LogP contribution in [0.2, 0.25) is 0 Å². The summed E-state index contributed by atoms with van der Waals surface area (Å²) < 4.78 is 0. The standard InChI is InChI=1S/C15H22N4/c1-3-16-11-7-12(18-8(2)17-11)19-15-13-9-4-5-10(6-9)14(13)15/h7,9-10,13-15H,3-6H2,1-2H3,(H2,16,17,18,19). The smallest absolute Gasteiger partial charge is 0.132 e. The third-order valence-electron chi connectivity index (χ3n) is 5.25. The lowest BCUT2D eigenvalue weighted by Gasteiger charge is -2.12. The van der Waals surface area contributed by atoms with Crippen LogP contribution in [0.3, 0.4) is 0 Å². The molecule has 0 amide bonds. The van der Waals surface area contributed by atoms with Crippen molar-refractivity contribution in [2.75, 3.05) is 17.2 Å². The van der Waals surface area contributed by atoms with Gasteiger partial charge in [0.05, 0.1) is 0 Å². The van der Waals surface area contributed by atoms with Crippen LogP contribution in [-0.4, -0.2) is 22.6 Å². The third kappa shape index (κ3) is 1.80. The van der Waals surface area contributed by atoms with E-state index in [0.29, 0.717) is 6.04 Å². The monoisotopic (exact) mass is 258 g/mol. The molecule has 0 saturated heterocycles. The molecule has 1 aromatic heterocycles. The number of rotatable bonds is 4. The third-order valence-corrected chi connectivity index (χ3v) is 5.25. The minimum absolute atomic E-state index is 0.690. The second-order valence-electron chi connectivity index (χ2n) is 6.37. The molecule has 4 nitrogen and oxygen atoms in total. The number of anilines is 2. The van der Waals surface area contributed by atoms with E-state index in [0.717, 1.165) is 47.7 Å². The van der Waals surface area contributed by atoms with Crippen LogP contribution < -0.4 is 10.6 Å². The summed E-state index contributed by atoms with van der Waals surface area (Å²) in [5.74, 6) is 6.67. The quantitative estimate of drug-likeness (QED) is 0.871. The predicted octanol–water partition coefficient (Wildman–Crippen LogP) is 2.67. The Kier molecular flexibility index (Phi) is 2.47. The fourth-order valence-electron chi connectivity index (χ4n) is 4.60. The number of hydrogen-bond acceptors (Lipinski definition) is 4. The number of fused-ring (bicyclic) bond motifs is 5. The van der Waals surface area contributed by atoms with Gasteiger partial charge in [-0.3, -0.25) is 0 Å². The van der Waals surface area contributed by atoms with E-state index in [2.05, 4.69) is 27.5 Å². The predicted molar refractivity (Wildman–Crippen MR) is 76.2 cm³/mol. The minimum atomic E-state index is 0.690. The summed E-state index contributed by atoms with van der Waals surface area (Å²) in [6.07, 6.45) is 4.43. The van der Waals surface area contributed by atoms with Crippen LogP contribution in [0, 0.1) is 30.6 Å². The van der Waals surface area contributed by atoms with Gasteiger partial charge in [0.2, 0.25) is 0 Å². The first-order valence-electron chi connectivity index (χ1n) is 7.62. The second-order valence-corrected chi connectivity index (χ2v) is 6.37. The Morgan fingerprint density at radius 1 is 1.16 bits per heavy atom. The average molecular weight is 258 g/mol. The maximum atomic E-state index is 4.53.